The Labute approximate surface area is 407 Å². The van der Waals surface area contributed by atoms with Crippen LogP contribution >= 0.6 is 23.0 Å². The van der Waals surface area contributed by atoms with Gasteiger partial charge in [-0.05, 0) is 107 Å². The van der Waals surface area contributed by atoms with Gasteiger partial charge in [0, 0.05) is 58.5 Å². The lowest BCUT2D eigenvalue weighted by Crippen LogP contribution is -2.61. The standard InChI is InChI=1S/C51H78INO13/c1-30-16-12-11-13-17-31(2)42(61-8)28-38-21-19-36(7)51(60,65-38)48(57)49(58)53-23-15-14-18-39(53)50(59)64-43(33(4)26-37-20-22-41(66-52)44(27-37)62-9)29-40(54)32(3)25-35(6)46(56)47(63-10)45(55)34(5)24-30/h11-13,16-17,25,30,32-34,36-39,41-44,46-47,56,60H,14-15,18-24,26-29H2,1-10H3/b13-11+,16-12+,31-17+,35-25+/t30-,32-,33-,34-,36-,37+,38?,39?,41-,42+,43+,44-,46-,47+,51-/m1/s1. The molecule has 3 aliphatic heterocycles. The summed E-state index contributed by atoms with van der Waals surface area (Å²) in [6, 6.07) is -1.12. The molecule has 3 fully saturated rings. The predicted molar refractivity (Wildman–Crippen MR) is 258 cm³/mol. The number of ketones is 3. The highest BCUT2D eigenvalue weighted by Crippen LogP contribution is 2.38. The summed E-state index contributed by atoms with van der Waals surface area (Å²) >= 11 is 1.91. The zero-order valence-electron chi connectivity index (χ0n) is 40.9. The quantitative estimate of drug-likeness (QED) is 0.110. The Balaban J connectivity index is 1.70. The van der Waals surface area contributed by atoms with Gasteiger partial charge in [0.25, 0.3) is 11.7 Å². The van der Waals surface area contributed by atoms with E-state index in [-0.39, 0.29) is 60.9 Å². The molecule has 15 atom stereocenters. The number of halogens is 1. The number of nitrogens with zero attached hydrogens (tertiary/aromatic N) is 1. The number of Topliss-reactive ketones (excluding diaryl/α,β-unsaturated/α-hetero) is 3. The highest BCUT2D eigenvalue weighted by atomic mass is 127. The number of carbonyl (C=O) groups is 5. The van der Waals surface area contributed by atoms with Crippen molar-refractivity contribution in [3.63, 3.8) is 0 Å². The van der Waals surface area contributed by atoms with Crippen LogP contribution in [0.25, 0.3) is 0 Å². The largest absolute Gasteiger partial charge is 0.460 e. The van der Waals surface area contributed by atoms with E-state index < -0.39 is 77.8 Å². The van der Waals surface area contributed by atoms with Crippen molar-refractivity contribution in [2.24, 2.45) is 35.5 Å². The Hall–Kier alpha value is -2.64. The molecule has 4 aliphatic rings. The molecule has 2 unspecified atom stereocenters. The minimum atomic E-state index is -2.42. The number of amides is 1. The maximum atomic E-state index is 14.4. The first-order valence-electron chi connectivity index (χ1n) is 24.1. The lowest BCUT2D eigenvalue weighted by Gasteiger charge is -2.42. The number of hydrogen-bond donors (Lipinski definition) is 2. The minimum Gasteiger partial charge on any atom is -0.460 e. The van der Waals surface area contributed by atoms with Gasteiger partial charge in [0.15, 0.2) is 5.78 Å². The van der Waals surface area contributed by atoms with Crippen LogP contribution in [-0.4, -0.2) is 127 Å². The van der Waals surface area contributed by atoms with E-state index in [0.29, 0.717) is 50.5 Å². The Bertz CT molecular complexity index is 1780. The number of aliphatic hydroxyl groups excluding tert-OH is 1. The summed E-state index contributed by atoms with van der Waals surface area (Å²) in [6.07, 6.45) is 12.7. The number of ether oxygens (including phenoxy) is 5. The van der Waals surface area contributed by atoms with Gasteiger partial charge in [0.2, 0.25) is 5.79 Å². The van der Waals surface area contributed by atoms with Gasteiger partial charge in [-0.15, -0.1) is 0 Å². The van der Waals surface area contributed by atoms with Crippen molar-refractivity contribution in [2.45, 2.75) is 180 Å². The lowest BCUT2D eigenvalue weighted by molar-refractivity contribution is -0.265. The van der Waals surface area contributed by atoms with Crippen molar-refractivity contribution < 1.29 is 60.9 Å². The van der Waals surface area contributed by atoms with Crippen LogP contribution in [-0.2, 0) is 50.7 Å². The van der Waals surface area contributed by atoms with E-state index in [1.54, 1.807) is 41.1 Å². The normalized spacial score (nSPS) is 40.0. The first-order chi connectivity index (χ1) is 31.3. The average Bonchev–Trinajstić information content (AvgIpc) is 3.30. The number of rotatable bonds is 7. The van der Waals surface area contributed by atoms with Crippen molar-refractivity contribution in [1.29, 1.82) is 0 Å². The lowest BCUT2D eigenvalue weighted by atomic mass is 9.78. The second-order valence-corrected chi connectivity index (χ2v) is 20.2. The summed E-state index contributed by atoms with van der Waals surface area (Å²) in [4.78, 5) is 72.0. The number of piperidine rings is 1. The van der Waals surface area contributed by atoms with Gasteiger partial charge in [-0.2, -0.15) is 0 Å². The monoisotopic (exact) mass is 1040 g/mol. The van der Waals surface area contributed by atoms with Crippen LogP contribution in [0.4, 0.5) is 0 Å². The molecule has 4 rings (SSSR count). The molecule has 1 amide bonds. The number of cyclic esters (lactones) is 1. The van der Waals surface area contributed by atoms with Crippen LogP contribution in [0.3, 0.4) is 0 Å². The molecule has 1 saturated carbocycles. The second-order valence-electron chi connectivity index (χ2n) is 19.7. The van der Waals surface area contributed by atoms with E-state index in [2.05, 4.69) is 0 Å². The van der Waals surface area contributed by atoms with Gasteiger partial charge < -0.3 is 41.9 Å². The fourth-order valence-electron chi connectivity index (χ4n) is 10.2. The topological polar surface area (TPSA) is 184 Å². The van der Waals surface area contributed by atoms with Crippen LogP contribution in [0.1, 0.15) is 126 Å². The molecule has 2 saturated heterocycles. The fourth-order valence-corrected chi connectivity index (χ4v) is 10.8. The number of hydrogen-bond acceptors (Lipinski definition) is 13. The van der Waals surface area contributed by atoms with Gasteiger partial charge in [-0.1, -0.05) is 71.1 Å². The van der Waals surface area contributed by atoms with E-state index in [1.807, 2.05) is 81.1 Å². The molecule has 14 nitrogen and oxygen atoms in total. The van der Waals surface area contributed by atoms with Crippen LogP contribution in [0, 0.1) is 35.5 Å². The molecule has 0 aromatic heterocycles. The molecule has 0 radical (unpaired) electrons. The molecule has 3 heterocycles. The zero-order chi connectivity index (χ0) is 48.9. The van der Waals surface area contributed by atoms with Gasteiger partial charge in [0.1, 0.15) is 53.1 Å². The molecule has 2 N–H and O–H groups in total. The highest BCUT2D eigenvalue weighted by Gasteiger charge is 2.53. The van der Waals surface area contributed by atoms with Crippen molar-refractivity contribution >= 4 is 52.2 Å². The molecule has 0 spiro atoms. The first-order valence-corrected chi connectivity index (χ1v) is 24.9. The predicted octanol–water partition coefficient (Wildman–Crippen LogP) is 7.55. The van der Waals surface area contributed by atoms with Crippen molar-refractivity contribution in [3.8, 4) is 0 Å². The molecule has 372 valence electrons. The molecule has 15 heteroatoms. The SMILES string of the molecule is CO[C@H]1CC2CC[C@@H](C)[C@@](O)(O2)C(=O)C(=O)N2CCCCC2C(=O)O[C@H]([C@H](C)C[C@@H]2CC[C@@H](OI)[C@H](OC)C2)CC(=O)[C@H](C)/C=C(\C)[C@@H](O)[C@@H](OC)C(=O)[C@H](C)C[C@H](C)/C=C/C=C/C=C/1C. The first kappa shape index (κ1) is 56.0. The Kier molecular flexibility index (Phi) is 22.4. The van der Waals surface area contributed by atoms with Crippen LogP contribution in [0.2, 0.25) is 0 Å². The fraction of sp³-hybridized carbons (Fsp3) is 0.745. The molecular weight excluding hydrogens is 961 g/mol. The van der Waals surface area contributed by atoms with Crippen molar-refractivity contribution in [3.05, 3.63) is 47.6 Å². The third kappa shape index (κ3) is 14.7. The molecule has 1 aliphatic carbocycles. The molecule has 0 aromatic carbocycles. The maximum Gasteiger partial charge on any atom is 0.329 e. The van der Waals surface area contributed by atoms with E-state index in [9.17, 15) is 34.2 Å². The average molecular weight is 1040 g/mol. The number of methoxy groups -OCH3 is 3. The highest BCUT2D eigenvalue weighted by molar-refractivity contribution is 14.1. The minimum absolute atomic E-state index is 0.0243. The van der Waals surface area contributed by atoms with E-state index in [4.69, 9.17) is 26.8 Å². The Morgan fingerprint density at radius 1 is 0.864 bits per heavy atom. The number of carbonyl (C=O) groups excluding carboxylic acids is 5. The molecular formula is C51H78INO13. The number of allylic oxidation sites excluding steroid dienone is 6. The van der Waals surface area contributed by atoms with Crippen LogP contribution in [0.15, 0.2) is 47.6 Å². The van der Waals surface area contributed by atoms with E-state index in [0.717, 1.165) is 24.8 Å². The summed E-state index contributed by atoms with van der Waals surface area (Å²) < 4.78 is 35.3. The number of fused-ring (bicyclic) bond motifs is 3. The molecule has 0 aromatic rings. The zero-order valence-corrected chi connectivity index (χ0v) is 43.1. The number of esters is 1. The Morgan fingerprint density at radius 2 is 1.59 bits per heavy atom. The van der Waals surface area contributed by atoms with Gasteiger partial charge in [-0.3, -0.25) is 19.2 Å². The molecule has 66 heavy (non-hydrogen) atoms. The summed E-state index contributed by atoms with van der Waals surface area (Å²) in [6.45, 7) is 12.8. The van der Waals surface area contributed by atoms with Gasteiger partial charge in [0.05, 0.1) is 24.4 Å². The van der Waals surface area contributed by atoms with E-state index in [1.165, 1.54) is 12.0 Å². The van der Waals surface area contributed by atoms with Crippen molar-refractivity contribution in [2.75, 3.05) is 27.9 Å². The number of aliphatic hydroxyl groups is 2. The van der Waals surface area contributed by atoms with Crippen molar-refractivity contribution in [1.82, 2.24) is 4.90 Å². The molecule has 2 bridgehead atoms. The third-order valence-corrected chi connectivity index (χ3v) is 15.2. The smallest absolute Gasteiger partial charge is 0.329 e. The van der Waals surface area contributed by atoms with Gasteiger partial charge in [-0.25, -0.2) is 4.79 Å². The Morgan fingerprint density at radius 3 is 2.26 bits per heavy atom. The maximum absolute atomic E-state index is 14.4. The third-order valence-electron chi connectivity index (χ3n) is 14.6. The van der Waals surface area contributed by atoms with Crippen LogP contribution < -0.4 is 0 Å². The van der Waals surface area contributed by atoms with Gasteiger partial charge >= 0.3 is 5.97 Å². The van der Waals surface area contributed by atoms with E-state index >= 15 is 0 Å². The summed E-state index contributed by atoms with van der Waals surface area (Å²) in [7, 11) is 4.63. The van der Waals surface area contributed by atoms with Crippen LogP contribution in [0.5, 0.6) is 0 Å². The summed E-state index contributed by atoms with van der Waals surface area (Å²) in [5, 5.41) is 23.4. The summed E-state index contributed by atoms with van der Waals surface area (Å²) in [5.41, 5.74) is 1.28. The second kappa shape index (κ2) is 26.4. The summed E-state index contributed by atoms with van der Waals surface area (Å²) in [5.74, 6) is -7.73.